The number of carbonyl (C=O) groups excluding carboxylic acids is 1. The van der Waals surface area contributed by atoms with Gasteiger partial charge in [-0.3, -0.25) is 4.79 Å². The third-order valence-corrected chi connectivity index (χ3v) is 5.60. The highest BCUT2D eigenvalue weighted by Crippen LogP contribution is 2.37. The van der Waals surface area contributed by atoms with Crippen molar-refractivity contribution in [3.05, 3.63) is 84.5 Å². The Morgan fingerprint density at radius 1 is 0.944 bits per heavy atom. The van der Waals surface area contributed by atoms with Gasteiger partial charge in [-0.25, -0.2) is 15.0 Å². The van der Waals surface area contributed by atoms with Crippen LogP contribution in [0.4, 0.5) is 18.9 Å². The number of benzene rings is 2. The van der Waals surface area contributed by atoms with Crippen molar-refractivity contribution in [2.24, 2.45) is 0 Å². The van der Waals surface area contributed by atoms with Gasteiger partial charge in [-0.15, -0.1) is 0 Å². The van der Waals surface area contributed by atoms with Gasteiger partial charge in [0.15, 0.2) is 17.7 Å². The molecule has 2 aromatic carbocycles. The Bertz CT molecular complexity index is 1540. The van der Waals surface area contributed by atoms with Gasteiger partial charge in [-0.2, -0.15) is 13.2 Å². The van der Waals surface area contributed by atoms with Crippen molar-refractivity contribution in [1.82, 2.24) is 15.0 Å². The third kappa shape index (κ3) is 4.57. The average molecular weight is 492 g/mol. The summed E-state index contributed by atoms with van der Waals surface area (Å²) in [5.41, 5.74) is 4.56. The van der Waals surface area contributed by atoms with E-state index in [1.54, 1.807) is 12.1 Å². The van der Waals surface area contributed by atoms with Crippen LogP contribution in [0.2, 0.25) is 0 Å². The number of carbonyl (C=O) groups is 1. The van der Waals surface area contributed by atoms with E-state index < -0.39 is 17.9 Å². The normalized spacial score (nSPS) is 11.8. The zero-order chi connectivity index (χ0) is 25.4. The molecule has 3 heterocycles. The van der Waals surface area contributed by atoms with E-state index >= 15 is 0 Å². The Labute approximate surface area is 203 Å². The number of nitrogens with zero attached hydrogens (tertiary/aromatic N) is 3. The Morgan fingerprint density at radius 2 is 1.64 bits per heavy atom. The second kappa shape index (κ2) is 8.95. The first kappa shape index (κ1) is 23.3. The molecule has 0 saturated carbocycles. The number of halogens is 3. The SMILES string of the molecule is CC(C)c1ccc(-c2oc(C(=O)Nc3cnc(C(F)(F)F)nc3)cc2-c2ccc3ocnc3c2)cc1. The van der Waals surface area contributed by atoms with E-state index in [2.05, 4.69) is 34.1 Å². The van der Waals surface area contributed by atoms with E-state index in [0.717, 1.165) is 29.1 Å². The maximum absolute atomic E-state index is 12.9. The lowest BCUT2D eigenvalue weighted by Gasteiger charge is -2.07. The number of anilines is 1. The molecule has 3 aromatic heterocycles. The van der Waals surface area contributed by atoms with Crippen LogP contribution in [-0.2, 0) is 6.18 Å². The van der Waals surface area contributed by atoms with Gasteiger partial charge in [0.1, 0.15) is 11.3 Å². The summed E-state index contributed by atoms with van der Waals surface area (Å²) < 4.78 is 49.5. The van der Waals surface area contributed by atoms with Crippen molar-refractivity contribution in [2.75, 3.05) is 5.32 Å². The predicted molar refractivity (Wildman–Crippen MR) is 126 cm³/mol. The fourth-order valence-electron chi connectivity index (χ4n) is 3.71. The molecular weight excluding hydrogens is 473 g/mol. The van der Waals surface area contributed by atoms with Crippen LogP contribution < -0.4 is 5.32 Å². The first-order chi connectivity index (χ1) is 17.2. The van der Waals surface area contributed by atoms with Crippen molar-refractivity contribution >= 4 is 22.7 Å². The zero-order valence-electron chi connectivity index (χ0n) is 19.1. The molecule has 0 aliphatic rings. The second-order valence-electron chi connectivity index (χ2n) is 8.41. The van der Waals surface area contributed by atoms with Gasteiger partial charge in [-0.05, 0) is 35.2 Å². The molecular formula is C26H19F3N4O3. The number of aromatic nitrogens is 3. The number of hydrogen-bond donors (Lipinski definition) is 1. The number of alkyl halides is 3. The number of fused-ring (bicyclic) bond motifs is 1. The van der Waals surface area contributed by atoms with Crippen molar-refractivity contribution < 1.29 is 26.8 Å². The second-order valence-corrected chi connectivity index (χ2v) is 8.41. The topological polar surface area (TPSA) is 94.1 Å². The van der Waals surface area contributed by atoms with Crippen LogP contribution in [0.5, 0.6) is 0 Å². The van der Waals surface area contributed by atoms with Crippen LogP contribution in [0.3, 0.4) is 0 Å². The van der Waals surface area contributed by atoms with Crippen LogP contribution >= 0.6 is 0 Å². The fourth-order valence-corrected chi connectivity index (χ4v) is 3.71. The van der Waals surface area contributed by atoms with E-state index in [-0.39, 0.29) is 11.4 Å². The summed E-state index contributed by atoms with van der Waals surface area (Å²) in [6, 6.07) is 14.8. The van der Waals surface area contributed by atoms with Crippen molar-refractivity contribution in [1.29, 1.82) is 0 Å². The number of furan rings is 1. The summed E-state index contributed by atoms with van der Waals surface area (Å²) in [6.07, 6.45) is -1.55. The van der Waals surface area contributed by atoms with E-state index in [9.17, 15) is 18.0 Å². The van der Waals surface area contributed by atoms with Crippen molar-refractivity contribution in [2.45, 2.75) is 25.9 Å². The Hall–Kier alpha value is -4.47. The number of oxazole rings is 1. The Morgan fingerprint density at radius 3 is 2.31 bits per heavy atom. The first-order valence-electron chi connectivity index (χ1n) is 11.0. The number of amides is 1. The van der Waals surface area contributed by atoms with E-state index in [4.69, 9.17) is 8.83 Å². The van der Waals surface area contributed by atoms with E-state index in [1.165, 1.54) is 6.39 Å². The van der Waals surface area contributed by atoms with Gasteiger partial charge in [0, 0.05) is 11.1 Å². The summed E-state index contributed by atoms with van der Waals surface area (Å²) in [4.78, 5) is 23.6. The molecule has 0 aliphatic carbocycles. The van der Waals surface area contributed by atoms with Gasteiger partial charge in [-0.1, -0.05) is 44.2 Å². The van der Waals surface area contributed by atoms with Gasteiger partial charge in [0.2, 0.25) is 5.82 Å². The molecule has 5 aromatic rings. The summed E-state index contributed by atoms with van der Waals surface area (Å²) >= 11 is 0. The molecule has 0 unspecified atom stereocenters. The van der Waals surface area contributed by atoms with Gasteiger partial charge in [0.05, 0.1) is 18.1 Å². The molecule has 5 rings (SSSR count). The highest BCUT2D eigenvalue weighted by Gasteiger charge is 2.34. The summed E-state index contributed by atoms with van der Waals surface area (Å²) in [5, 5.41) is 2.48. The van der Waals surface area contributed by atoms with Gasteiger partial charge in [0.25, 0.3) is 5.91 Å². The van der Waals surface area contributed by atoms with Crippen molar-refractivity contribution in [3.8, 4) is 22.5 Å². The lowest BCUT2D eigenvalue weighted by molar-refractivity contribution is -0.144. The first-order valence-corrected chi connectivity index (χ1v) is 11.0. The molecule has 0 spiro atoms. The zero-order valence-corrected chi connectivity index (χ0v) is 19.1. The number of hydrogen-bond acceptors (Lipinski definition) is 6. The molecule has 0 saturated heterocycles. The van der Waals surface area contributed by atoms with Crippen LogP contribution in [-0.4, -0.2) is 20.9 Å². The molecule has 0 radical (unpaired) electrons. The van der Waals surface area contributed by atoms with Crippen LogP contribution in [0.15, 0.2) is 76.2 Å². The quantitative estimate of drug-likeness (QED) is 0.286. The number of nitrogens with one attached hydrogen (secondary N) is 1. The molecule has 0 bridgehead atoms. The molecule has 36 heavy (non-hydrogen) atoms. The largest absolute Gasteiger partial charge is 0.451 e. The predicted octanol–water partition coefficient (Wildman–Crippen LogP) is 6.94. The fraction of sp³-hybridized carbons (Fsp3) is 0.154. The third-order valence-electron chi connectivity index (χ3n) is 5.60. The van der Waals surface area contributed by atoms with Crippen LogP contribution in [0, 0.1) is 0 Å². The minimum Gasteiger partial charge on any atom is -0.450 e. The molecule has 0 aliphatic heterocycles. The maximum atomic E-state index is 12.9. The van der Waals surface area contributed by atoms with E-state index in [1.807, 2.05) is 36.4 Å². The lowest BCUT2D eigenvalue weighted by atomic mass is 9.98. The summed E-state index contributed by atoms with van der Waals surface area (Å²) in [5.74, 6) is -1.18. The molecule has 0 fully saturated rings. The average Bonchev–Trinajstić information content (AvgIpc) is 3.51. The van der Waals surface area contributed by atoms with Crippen LogP contribution in [0.25, 0.3) is 33.6 Å². The molecule has 10 heteroatoms. The molecule has 1 N–H and O–H groups in total. The van der Waals surface area contributed by atoms with Gasteiger partial charge < -0.3 is 14.2 Å². The van der Waals surface area contributed by atoms with Crippen molar-refractivity contribution in [3.63, 3.8) is 0 Å². The highest BCUT2D eigenvalue weighted by molar-refractivity contribution is 6.04. The Kier molecular flexibility index (Phi) is 5.79. The summed E-state index contributed by atoms with van der Waals surface area (Å²) in [7, 11) is 0. The standard InChI is InChI=1S/C26H19F3N4O3/c1-14(2)15-3-5-16(6-4-15)23-19(17-7-8-21-20(9-17)32-13-35-21)10-22(36-23)24(34)33-18-11-30-25(31-12-18)26(27,28)29/h3-14H,1-2H3,(H,33,34). The molecule has 0 atom stereocenters. The smallest absolute Gasteiger partial charge is 0.450 e. The minimum atomic E-state index is -4.68. The lowest BCUT2D eigenvalue weighted by Crippen LogP contribution is -2.14. The van der Waals surface area contributed by atoms with Gasteiger partial charge >= 0.3 is 6.18 Å². The maximum Gasteiger partial charge on any atom is 0.451 e. The highest BCUT2D eigenvalue weighted by atomic mass is 19.4. The van der Waals surface area contributed by atoms with Crippen LogP contribution in [0.1, 0.15) is 41.7 Å². The minimum absolute atomic E-state index is 0.00203. The monoisotopic (exact) mass is 492 g/mol. The Balaban J connectivity index is 1.52. The number of rotatable bonds is 5. The molecule has 1 amide bonds. The van der Waals surface area contributed by atoms with E-state index in [0.29, 0.717) is 28.3 Å². The summed E-state index contributed by atoms with van der Waals surface area (Å²) in [6.45, 7) is 4.18. The molecule has 7 nitrogen and oxygen atoms in total. The molecule has 182 valence electrons.